The van der Waals surface area contributed by atoms with Gasteiger partial charge in [-0.15, -0.1) is 11.3 Å². The number of pyridine rings is 1. The van der Waals surface area contributed by atoms with Crippen LogP contribution in [0.25, 0.3) is 22.4 Å². The summed E-state index contributed by atoms with van der Waals surface area (Å²) in [6, 6.07) is 10.8. The summed E-state index contributed by atoms with van der Waals surface area (Å²) < 4.78 is 1.85. The van der Waals surface area contributed by atoms with E-state index < -0.39 is 0 Å². The highest BCUT2D eigenvalue weighted by molar-refractivity contribution is 7.10. The second-order valence-electron chi connectivity index (χ2n) is 12.0. The summed E-state index contributed by atoms with van der Waals surface area (Å²) in [6.45, 7) is 11.3. The number of piperidine rings is 1. The number of fused-ring (bicyclic) bond motifs is 2. The maximum Gasteiger partial charge on any atom is 0.242 e. The second kappa shape index (κ2) is 9.05. The van der Waals surface area contributed by atoms with E-state index in [1.54, 1.807) is 23.9 Å². The van der Waals surface area contributed by atoms with Gasteiger partial charge >= 0.3 is 0 Å². The summed E-state index contributed by atoms with van der Waals surface area (Å²) in [5, 5.41) is 3.41. The first kappa shape index (κ1) is 24.3. The van der Waals surface area contributed by atoms with Crippen LogP contribution in [0.5, 0.6) is 0 Å². The van der Waals surface area contributed by atoms with E-state index in [9.17, 15) is 4.79 Å². The number of amides is 1. The van der Waals surface area contributed by atoms with Gasteiger partial charge in [0.05, 0.1) is 17.0 Å². The minimum absolute atomic E-state index is 0.128. The maximum absolute atomic E-state index is 13.0. The molecule has 0 N–H and O–H groups in total. The van der Waals surface area contributed by atoms with Crippen molar-refractivity contribution in [1.29, 1.82) is 0 Å². The van der Waals surface area contributed by atoms with Crippen LogP contribution < -0.4 is 0 Å². The van der Waals surface area contributed by atoms with Crippen LogP contribution in [0.15, 0.2) is 48.2 Å². The minimum atomic E-state index is 0.128. The van der Waals surface area contributed by atoms with Crippen LogP contribution in [0.2, 0.25) is 0 Å². The maximum atomic E-state index is 13.0. The van der Waals surface area contributed by atoms with Crippen molar-refractivity contribution in [2.24, 2.45) is 0 Å². The van der Waals surface area contributed by atoms with E-state index in [-0.39, 0.29) is 23.3 Å². The number of hydrogen-bond donors (Lipinski definition) is 0. The van der Waals surface area contributed by atoms with Crippen molar-refractivity contribution in [1.82, 2.24) is 24.4 Å². The number of hydrogen-bond acceptors (Lipinski definition) is 5. The summed E-state index contributed by atoms with van der Waals surface area (Å²) in [6.07, 6.45) is 7.79. The minimum Gasteiger partial charge on any atom is -0.341 e. The van der Waals surface area contributed by atoms with Crippen molar-refractivity contribution < 1.29 is 4.79 Å². The summed E-state index contributed by atoms with van der Waals surface area (Å²) in [5.41, 5.74) is 7.26. The molecule has 6 nitrogen and oxygen atoms in total. The van der Waals surface area contributed by atoms with Crippen LogP contribution in [0.3, 0.4) is 0 Å². The average Bonchev–Trinajstić information content (AvgIpc) is 3.55. The predicted molar refractivity (Wildman–Crippen MR) is 149 cm³/mol. The zero-order valence-corrected chi connectivity index (χ0v) is 23.0. The fourth-order valence-corrected chi connectivity index (χ4v) is 6.99. The number of carbonyl (C=O) groups excluding carboxylic acids is 1. The first-order valence-corrected chi connectivity index (χ1v) is 14.2. The van der Waals surface area contributed by atoms with Gasteiger partial charge in [0.1, 0.15) is 12.1 Å². The molecule has 4 aromatic rings. The summed E-state index contributed by atoms with van der Waals surface area (Å²) >= 11 is 1.77. The second-order valence-corrected chi connectivity index (χ2v) is 12.9. The topological polar surface area (TPSA) is 63.9 Å². The lowest BCUT2D eigenvalue weighted by molar-refractivity contribution is -0.132. The smallest absolute Gasteiger partial charge is 0.242 e. The molecule has 1 saturated heterocycles. The zero-order valence-electron chi connectivity index (χ0n) is 22.2. The highest BCUT2D eigenvalue weighted by Gasteiger charge is 2.37. The van der Waals surface area contributed by atoms with Crippen LogP contribution >= 0.6 is 11.3 Å². The molecule has 37 heavy (non-hydrogen) atoms. The van der Waals surface area contributed by atoms with Crippen LogP contribution in [0.4, 0.5) is 0 Å². The number of likely N-dealkylation sites (tertiary alicyclic amines) is 1. The Balaban J connectivity index is 1.13. The largest absolute Gasteiger partial charge is 0.341 e. The lowest BCUT2D eigenvalue weighted by Gasteiger charge is -2.42. The predicted octanol–water partition coefficient (Wildman–Crippen LogP) is 6.31. The highest BCUT2D eigenvalue weighted by atomic mass is 32.1. The molecule has 1 aliphatic carbocycles. The van der Waals surface area contributed by atoms with Gasteiger partial charge < -0.3 is 9.47 Å². The van der Waals surface area contributed by atoms with Crippen molar-refractivity contribution in [3.63, 3.8) is 0 Å². The normalized spacial score (nSPS) is 19.2. The van der Waals surface area contributed by atoms with E-state index in [1.165, 1.54) is 34.5 Å². The Hall–Kier alpha value is -3.06. The third-order valence-electron chi connectivity index (χ3n) is 8.55. The molecule has 1 aromatic carbocycles. The van der Waals surface area contributed by atoms with Crippen LogP contribution in [0.1, 0.15) is 75.4 Å². The number of carbonyl (C=O) groups is 1. The first-order valence-electron chi connectivity index (χ1n) is 13.4. The lowest BCUT2D eigenvalue weighted by Crippen LogP contribution is -2.39. The summed E-state index contributed by atoms with van der Waals surface area (Å²) in [4.78, 5) is 28.8. The van der Waals surface area contributed by atoms with Crippen molar-refractivity contribution in [3.8, 4) is 11.3 Å². The molecule has 0 radical (unpaired) electrons. The third-order valence-corrected chi connectivity index (χ3v) is 9.55. The Morgan fingerprint density at radius 1 is 1.03 bits per heavy atom. The molecular weight excluding hydrogens is 478 g/mol. The third kappa shape index (κ3) is 4.48. The fraction of sp³-hybridized carbons (Fsp3) is 0.467. The summed E-state index contributed by atoms with van der Waals surface area (Å²) in [5.74, 6) is 0.536. The Morgan fingerprint density at radius 3 is 2.57 bits per heavy atom. The fourth-order valence-electron chi connectivity index (χ4n) is 5.99. The van der Waals surface area contributed by atoms with Crippen molar-refractivity contribution in [3.05, 3.63) is 64.4 Å². The van der Waals surface area contributed by atoms with Gasteiger partial charge in [-0.25, -0.2) is 15.0 Å². The summed E-state index contributed by atoms with van der Waals surface area (Å²) in [7, 11) is 0. The van der Waals surface area contributed by atoms with E-state index in [4.69, 9.17) is 4.98 Å². The molecule has 4 heterocycles. The molecule has 1 amide bonds. The van der Waals surface area contributed by atoms with Gasteiger partial charge in [-0.2, -0.15) is 0 Å². The van der Waals surface area contributed by atoms with E-state index in [2.05, 4.69) is 61.2 Å². The molecule has 1 aliphatic heterocycles. The molecular formula is C30H35N5OS. The quantitative estimate of drug-likeness (QED) is 0.321. The molecule has 3 aromatic heterocycles. The first-order chi connectivity index (χ1) is 17.7. The van der Waals surface area contributed by atoms with Crippen molar-refractivity contribution in [2.75, 3.05) is 13.1 Å². The monoisotopic (exact) mass is 513 g/mol. The van der Waals surface area contributed by atoms with E-state index in [1.807, 2.05) is 21.6 Å². The van der Waals surface area contributed by atoms with Gasteiger partial charge in [-0.1, -0.05) is 39.8 Å². The number of thiazole rings is 1. The Morgan fingerprint density at radius 2 is 1.78 bits per heavy atom. The van der Waals surface area contributed by atoms with Crippen molar-refractivity contribution in [2.45, 2.75) is 76.7 Å². The molecule has 192 valence electrons. The van der Waals surface area contributed by atoms with Gasteiger partial charge in [0.15, 0.2) is 5.65 Å². The molecule has 7 heteroatoms. The van der Waals surface area contributed by atoms with Gasteiger partial charge in [0.25, 0.3) is 0 Å². The molecule has 0 atom stereocenters. The Labute approximate surface area is 222 Å². The van der Waals surface area contributed by atoms with Crippen LogP contribution in [-0.4, -0.2) is 43.4 Å². The number of imidazole rings is 1. The molecule has 6 rings (SSSR count). The molecule has 0 bridgehead atoms. The van der Waals surface area contributed by atoms with Crippen LogP contribution in [0, 0.1) is 0 Å². The van der Waals surface area contributed by atoms with Crippen LogP contribution in [-0.2, 0) is 22.2 Å². The standard InChI is InChI=1S/C30H35N5OS/c1-29(2)11-12-30(3,4)23-16-21(7-8-22(23)29)25-18-37-28(33-25)20-9-14-34(15-10-20)26(36)17-35-19-32-24-6-5-13-31-27(24)35/h5-8,13,16,18-20H,9-12,14-15,17H2,1-4H3. The molecule has 0 spiro atoms. The molecule has 1 fully saturated rings. The van der Waals surface area contributed by atoms with Gasteiger partial charge in [0.2, 0.25) is 5.91 Å². The number of rotatable bonds is 4. The van der Waals surface area contributed by atoms with E-state index in [0.29, 0.717) is 5.92 Å². The van der Waals surface area contributed by atoms with Gasteiger partial charge in [0, 0.05) is 36.1 Å². The molecule has 0 saturated carbocycles. The molecule has 0 unspecified atom stereocenters. The zero-order chi connectivity index (χ0) is 25.8. The number of benzene rings is 1. The Bertz CT molecular complexity index is 1460. The average molecular weight is 514 g/mol. The van der Waals surface area contributed by atoms with E-state index >= 15 is 0 Å². The Kier molecular flexibility index (Phi) is 5.94. The van der Waals surface area contributed by atoms with Crippen molar-refractivity contribution >= 4 is 28.4 Å². The molecule has 2 aliphatic rings. The lowest BCUT2D eigenvalue weighted by atomic mass is 9.63. The number of nitrogens with zero attached hydrogens (tertiary/aromatic N) is 5. The van der Waals surface area contributed by atoms with E-state index in [0.717, 1.165) is 42.8 Å². The highest BCUT2D eigenvalue weighted by Crippen LogP contribution is 2.47. The van der Waals surface area contributed by atoms with Gasteiger partial charge in [-0.3, -0.25) is 4.79 Å². The SMILES string of the molecule is CC1(C)CCC(C)(C)c2cc(-c3csc(C4CCN(C(=O)Cn5cnc6cccnc65)CC4)n3)ccc21. The number of aromatic nitrogens is 4. The van der Waals surface area contributed by atoms with Gasteiger partial charge in [-0.05, 0) is 65.8 Å².